The Labute approximate surface area is 141 Å². The zero-order valence-electron chi connectivity index (χ0n) is 14.2. The lowest BCUT2D eigenvalue weighted by Gasteiger charge is -2.20. The van der Waals surface area contributed by atoms with Crippen LogP contribution in [0.2, 0.25) is 0 Å². The van der Waals surface area contributed by atoms with Gasteiger partial charge in [0.05, 0.1) is 20.1 Å². The Bertz CT molecular complexity index is 603. The van der Waals surface area contributed by atoms with Crippen LogP contribution in [-0.2, 0) is 14.3 Å². The monoisotopic (exact) mass is 337 g/mol. The van der Waals surface area contributed by atoms with Gasteiger partial charge in [-0.1, -0.05) is 12.1 Å². The highest BCUT2D eigenvalue weighted by molar-refractivity contribution is 5.80. The number of amides is 1. The largest absolute Gasteiger partial charge is 0.493 e. The third-order valence-corrected chi connectivity index (χ3v) is 4.25. The molecule has 24 heavy (non-hydrogen) atoms. The first kappa shape index (κ1) is 18.1. The maximum absolute atomic E-state index is 12.2. The van der Waals surface area contributed by atoms with E-state index in [1.54, 1.807) is 19.1 Å². The van der Waals surface area contributed by atoms with Gasteiger partial charge >= 0.3 is 5.97 Å². The molecule has 0 spiro atoms. The summed E-state index contributed by atoms with van der Waals surface area (Å²) in [6, 6.07) is 5.36. The Morgan fingerprint density at radius 1 is 1.25 bits per heavy atom. The van der Waals surface area contributed by atoms with Crippen molar-refractivity contribution in [1.29, 1.82) is 0 Å². The normalized spacial score (nSPS) is 20.0. The zero-order chi connectivity index (χ0) is 17.7. The minimum Gasteiger partial charge on any atom is -0.493 e. The fraction of sp³-hybridized carbons (Fsp3) is 0.529. The molecule has 0 aliphatic carbocycles. The first-order valence-corrected chi connectivity index (χ1v) is 7.82. The van der Waals surface area contributed by atoms with Gasteiger partial charge in [0.25, 0.3) is 0 Å². The van der Waals surface area contributed by atoms with Crippen molar-refractivity contribution in [3.63, 3.8) is 0 Å². The number of benzene rings is 1. The second-order valence-corrected chi connectivity index (χ2v) is 5.57. The van der Waals surface area contributed by atoms with Gasteiger partial charge in [0.15, 0.2) is 11.5 Å². The minimum atomic E-state index is -0.934. The molecule has 1 aromatic rings. The summed E-state index contributed by atoms with van der Waals surface area (Å²) in [6.45, 7) is 2.68. The van der Waals surface area contributed by atoms with Crippen molar-refractivity contribution in [2.24, 2.45) is 5.92 Å². The molecule has 0 bridgehead atoms. The number of carbonyl (C=O) groups excluding carboxylic acids is 1. The molecule has 1 aliphatic rings. The van der Waals surface area contributed by atoms with E-state index in [9.17, 15) is 14.7 Å². The summed E-state index contributed by atoms with van der Waals surface area (Å²) in [5, 5.41) is 9.57. The topological polar surface area (TPSA) is 85.3 Å². The summed E-state index contributed by atoms with van der Waals surface area (Å²) in [7, 11) is 3.05. The van der Waals surface area contributed by atoms with Crippen molar-refractivity contribution in [2.75, 3.05) is 40.5 Å². The number of ether oxygens (including phenoxy) is 3. The molecule has 1 N–H and O–H groups in total. The molecule has 1 heterocycles. The van der Waals surface area contributed by atoms with Crippen molar-refractivity contribution in [3.05, 3.63) is 23.8 Å². The van der Waals surface area contributed by atoms with E-state index in [0.29, 0.717) is 24.7 Å². The third kappa shape index (κ3) is 3.62. The van der Waals surface area contributed by atoms with Crippen LogP contribution < -0.4 is 9.47 Å². The number of hydrogen-bond acceptors (Lipinski definition) is 5. The molecule has 1 aliphatic heterocycles. The molecule has 0 radical (unpaired) electrons. The lowest BCUT2D eigenvalue weighted by atomic mass is 9.88. The highest BCUT2D eigenvalue weighted by Gasteiger charge is 2.41. The number of rotatable bonds is 7. The van der Waals surface area contributed by atoms with Gasteiger partial charge in [0.2, 0.25) is 5.91 Å². The van der Waals surface area contributed by atoms with Gasteiger partial charge in [-0.3, -0.25) is 9.59 Å². The minimum absolute atomic E-state index is 0.0369. The van der Waals surface area contributed by atoms with E-state index in [-0.39, 0.29) is 25.0 Å². The first-order chi connectivity index (χ1) is 11.5. The average molecular weight is 337 g/mol. The van der Waals surface area contributed by atoms with Gasteiger partial charge in [0, 0.05) is 31.2 Å². The Balaban J connectivity index is 2.31. The summed E-state index contributed by atoms with van der Waals surface area (Å²) in [4.78, 5) is 25.4. The van der Waals surface area contributed by atoms with Crippen LogP contribution >= 0.6 is 0 Å². The Kier molecular flexibility index (Phi) is 6.03. The van der Waals surface area contributed by atoms with Crippen LogP contribution in [0.4, 0.5) is 0 Å². The molecule has 132 valence electrons. The molecule has 0 saturated carbocycles. The van der Waals surface area contributed by atoms with Crippen molar-refractivity contribution in [1.82, 2.24) is 4.90 Å². The molecule has 0 aromatic heterocycles. The number of aliphatic carboxylic acids is 1. The highest BCUT2D eigenvalue weighted by Crippen LogP contribution is 2.41. The predicted molar refractivity (Wildman–Crippen MR) is 86.5 cm³/mol. The number of methoxy groups -OCH3 is 2. The molecular formula is C17H23NO6. The summed E-state index contributed by atoms with van der Waals surface area (Å²) >= 11 is 0. The third-order valence-electron chi connectivity index (χ3n) is 4.25. The number of likely N-dealkylation sites (tertiary alicyclic amines) is 1. The molecule has 7 nitrogen and oxygen atoms in total. The van der Waals surface area contributed by atoms with Crippen LogP contribution in [0.3, 0.4) is 0 Å². The van der Waals surface area contributed by atoms with E-state index in [1.807, 2.05) is 6.07 Å². The summed E-state index contributed by atoms with van der Waals surface area (Å²) in [5.74, 6) is -1.15. The van der Waals surface area contributed by atoms with E-state index in [4.69, 9.17) is 14.2 Å². The van der Waals surface area contributed by atoms with Crippen LogP contribution in [0.5, 0.6) is 11.5 Å². The lowest BCUT2D eigenvalue weighted by Crippen LogP contribution is -2.33. The molecule has 1 aromatic carbocycles. The molecule has 2 atom stereocenters. The molecule has 7 heteroatoms. The van der Waals surface area contributed by atoms with Gasteiger partial charge in [-0.05, 0) is 13.0 Å². The number of hydrogen-bond donors (Lipinski definition) is 1. The fourth-order valence-electron chi connectivity index (χ4n) is 3.06. The second kappa shape index (κ2) is 8.01. The van der Waals surface area contributed by atoms with Crippen molar-refractivity contribution in [3.8, 4) is 11.5 Å². The van der Waals surface area contributed by atoms with E-state index < -0.39 is 11.9 Å². The quantitative estimate of drug-likeness (QED) is 0.809. The summed E-state index contributed by atoms with van der Waals surface area (Å²) < 4.78 is 15.9. The number of carbonyl (C=O) groups is 2. The number of para-hydroxylation sites is 1. The molecular weight excluding hydrogens is 314 g/mol. The van der Waals surface area contributed by atoms with Gasteiger partial charge in [-0.2, -0.15) is 0 Å². The summed E-state index contributed by atoms with van der Waals surface area (Å²) in [5.41, 5.74) is 0.732. The first-order valence-electron chi connectivity index (χ1n) is 7.82. The van der Waals surface area contributed by atoms with Gasteiger partial charge < -0.3 is 24.2 Å². The standard InChI is InChI=1S/C17H23NO6/c1-4-24-10-15(19)18-8-12(13(9-18)17(20)21)11-6-5-7-14(22-2)16(11)23-3/h5-7,12-13H,4,8-10H2,1-3H3,(H,20,21)/t12-,13+/m1/s1. The van der Waals surface area contributed by atoms with Gasteiger partial charge in [-0.25, -0.2) is 0 Å². The molecule has 0 unspecified atom stereocenters. The van der Waals surface area contributed by atoms with Crippen molar-refractivity contribution >= 4 is 11.9 Å². The predicted octanol–water partition coefficient (Wildman–Crippen LogP) is 1.37. The van der Waals surface area contributed by atoms with Gasteiger partial charge in [0.1, 0.15) is 6.61 Å². The average Bonchev–Trinajstić information content (AvgIpc) is 3.04. The SMILES string of the molecule is CCOCC(=O)N1C[C@H](C(=O)O)[C@@H](c2cccc(OC)c2OC)C1. The highest BCUT2D eigenvalue weighted by atomic mass is 16.5. The second-order valence-electron chi connectivity index (χ2n) is 5.57. The van der Waals surface area contributed by atoms with E-state index in [2.05, 4.69) is 0 Å². The number of carboxylic acid groups (broad SMARTS) is 1. The smallest absolute Gasteiger partial charge is 0.308 e. The van der Waals surface area contributed by atoms with E-state index in [0.717, 1.165) is 5.56 Å². The number of carboxylic acids is 1. The van der Waals surface area contributed by atoms with E-state index in [1.165, 1.54) is 19.1 Å². The van der Waals surface area contributed by atoms with Crippen molar-refractivity contribution < 1.29 is 28.9 Å². The Hall–Kier alpha value is -2.28. The lowest BCUT2D eigenvalue weighted by molar-refractivity contribution is -0.142. The van der Waals surface area contributed by atoms with E-state index >= 15 is 0 Å². The Morgan fingerprint density at radius 2 is 2.00 bits per heavy atom. The fourth-order valence-corrected chi connectivity index (χ4v) is 3.06. The molecule has 1 fully saturated rings. The van der Waals surface area contributed by atoms with Crippen molar-refractivity contribution in [2.45, 2.75) is 12.8 Å². The van der Waals surface area contributed by atoms with Crippen LogP contribution in [0.25, 0.3) is 0 Å². The van der Waals surface area contributed by atoms with Crippen LogP contribution in [0.15, 0.2) is 18.2 Å². The van der Waals surface area contributed by atoms with Gasteiger partial charge in [-0.15, -0.1) is 0 Å². The number of nitrogens with zero attached hydrogens (tertiary/aromatic N) is 1. The molecule has 2 rings (SSSR count). The van der Waals surface area contributed by atoms with Crippen LogP contribution in [-0.4, -0.2) is 62.4 Å². The maximum atomic E-state index is 12.2. The van der Waals surface area contributed by atoms with Crippen LogP contribution in [0.1, 0.15) is 18.4 Å². The summed E-state index contributed by atoms with van der Waals surface area (Å²) in [6.07, 6.45) is 0. The maximum Gasteiger partial charge on any atom is 0.308 e. The zero-order valence-corrected chi connectivity index (χ0v) is 14.2. The Morgan fingerprint density at radius 3 is 2.58 bits per heavy atom. The molecule has 1 saturated heterocycles. The molecule has 1 amide bonds. The van der Waals surface area contributed by atoms with Crippen LogP contribution in [0, 0.1) is 5.92 Å².